The predicted molar refractivity (Wildman–Crippen MR) is 90.6 cm³/mol. The van der Waals surface area contributed by atoms with Crippen molar-refractivity contribution in [3.8, 4) is 5.75 Å². The van der Waals surface area contributed by atoms with Crippen LogP contribution in [0, 0.1) is 5.92 Å². The van der Waals surface area contributed by atoms with Crippen molar-refractivity contribution >= 4 is 21.6 Å². The van der Waals surface area contributed by atoms with Crippen LogP contribution < -0.4 is 20.1 Å². The van der Waals surface area contributed by atoms with E-state index in [2.05, 4.69) is 15.4 Å². The van der Waals surface area contributed by atoms with Crippen LogP contribution in [-0.4, -0.2) is 40.6 Å². The van der Waals surface area contributed by atoms with Gasteiger partial charge in [-0.1, -0.05) is 0 Å². The van der Waals surface area contributed by atoms with E-state index in [4.69, 9.17) is 4.74 Å². The number of amides is 1. The van der Waals surface area contributed by atoms with Gasteiger partial charge in [0.15, 0.2) is 0 Å². The van der Waals surface area contributed by atoms with E-state index in [0.717, 1.165) is 32.2 Å². The second-order valence-corrected chi connectivity index (χ2v) is 8.00. The molecule has 1 atom stereocenters. The summed E-state index contributed by atoms with van der Waals surface area (Å²) in [5, 5.41) is 6.01. The Labute approximate surface area is 142 Å². The van der Waals surface area contributed by atoms with Crippen molar-refractivity contribution in [1.29, 1.82) is 0 Å². The zero-order valence-corrected chi connectivity index (χ0v) is 14.5. The third-order valence-electron chi connectivity index (χ3n) is 4.31. The first-order valence-electron chi connectivity index (χ1n) is 8.21. The summed E-state index contributed by atoms with van der Waals surface area (Å²) in [6.45, 7) is 1.56. The van der Waals surface area contributed by atoms with E-state index < -0.39 is 10.0 Å². The van der Waals surface area contributed by atoms with E-state index in [9.17, 15) is 13.2 Å². The van der Waals surface area contributed by atoms with Gasteiger partial charge in [0.2, 0.25) is 15.9 Å². The average molecular weight is 353 g/mol. The Morgan fingerprint density at radius 2 is 2.08 bits per heavy atom. The smallest absolute Gasteiger partial charge is 0.240 e. The molecule has 0 bridgehead atoms. The largest absolute Gasteiger partial charge is 0.495 e. The lowest BCUT2D eigenvalue weighted by Gasteiger charge is -2.22. The van der Waals surface area contributed by atoms with Crippen LogP contribution in [-0.2, 0) is 14.8 Å². The molecule has 1 aromatic rings. The van der Waals surface area contributed by atoms with Gasteiger partial charge in [-0.05, 0) is 50.4 Å². The summed E-state index contributed by atoms with van der Waals surface area (Å²) in [5.74, 6) is 0.205. The summed E-state index contributed by atoms with van der Waals surface area (Å²) in [5.41, 5.74) is 0.381. The fraction of sp³-hybridized carbons (Fsp3) is 0.562. The maximum absolute atomic E-state index is 12.4. The number of benzene rings is 1. The SMILES string of the molecule is COc1ccc(S(=O)(=O)NC2CC2)cc1NC(=O)C1CCCNC1. The maximum atomic E-state index is 12.4. The fourth-order valence-corrected chi connectivity index (χ4v) is 4.08. The topological polar surface area (TPSA) is 96.5 Å². The van der Waals surface area contributed by atoms with Gasteiger partial charge in [0, 0.05) is 12.6 Å². The normalized spacial score (nSPS) is 21.3. The molecule has 1 saturated heterocycles. The van der Waals surface area contributed by atoms with E-state index in [0.29, 0.717) is 18.0 Å². The highest BCUT2D eigenvalue weighted by atomic mass is 32.2. The molecule has 2 aliphatic rings. The Bertz CT molecular complexity index is 710. The zero-order valence-electron chi connectivity index (χ0n) is 13.7. The monoisotopic (exact) mass is 353 g/mol. The van der Waals surface area contributed by atoms with Gasteiger partial charge in [0.05, 0.1) is 23.6 Å². The second-order valence-electron chi connectivity index (χ2n) is 6.29. The Morgan fingerprint density at radius 1 is 1.29 bits per heavy atom. The number of nitrogens with one attached hydrogen (secondary N) is 3. The van der Waals surface area contributed by atoms with E-state index in [1.54, 1.807) is 6.07 Å². The number of carbonyl (C=O) groups is 1. The van der Waals surface area contributed by atoms with Gasteiger partial charge < -0.3 is 15.4 Å². The molecular formula is C16H23N3O4S. The standard InChI is InChI=1S/C16H23N3O4S/c1-23-15-7-6-13(24(21,22)19-12-4-5-12)9-14(15)18-16(20)11-3-2-8-17-10-11/h6-7,9,11-12,17,19H,2-5,8,10H2,1H3,(H,18,20). The highest BCUT2D eigenvalue weighted by molar-refractivity contribution is 7.89. The van der Waals surface area contributed by atoms with Crippen LogP contribution in [0.3, 0.4) is 0 Å². The number of sulfonamides is 1. The van der Waals surface area contributed by atoms with Crippen molar-refractivity contribution in [2.24, 2.45) is 5.92 Å². The number of piperidine rings is 1. The molecular weight excluding hydrogens is 330 g/mol. The lowest BCUT2D eigenvalue weighted by molar-refractivity contribution is -0.120. The Kier molecular flexibility index (Phi) is 5.07. The summed E-state index contributed by atoms with van der Waals surface area (Å²) in [7, 11) is -2.08. The number of hydrogen-bond donors (Lipinski definition) is 3. The predicted octanol–water partition coefficient (Wildman–Crippen LogP) is 1.07. The first kappa shape index (κ1) is 17.2. The molecule has 1 aliphatic heterocycles. The molecule has 1 unspecified atom stereocenters. The minimum atomic E-state index is -3.57. The van der Waals surface area contributed by atoms with Gasteiger partial charge in [-0.3, -0.25) is 4.79 Å². The molecule has 0 radical (unpaired) electrons. The van der Waals surface area contributed by atoms with Gasteiger partial charge in [0.1, 0.15) is 5.75 Å². The third-order valence-corrected chi connectivity index (χ3v) is 5.82. The minimum Gasteiger partial charge on any atom is -0.495 e. The number of ether oxygens (including phenoxy) is 1. The van der Waals surface area contributed by atoms with Crippen LogP contribution >= 0.6 is 0 Å². The second kappa shape index (κ2) is 7.08. The number of rotatable bonds is 6. The molecule has 3 N–H and O–H groups in total. The molecule has 8 heteroatoms. The third kappa shape index (κ3) is 4.06. The molecule has 3 rings (SSSR count). The molecule has 24 heavy (non-hydrogen) atoms. The van der Waals surface area contributed by atoms with E-state index in [-0.39, 0.29) is 22.8 Å². The molecule has 1 aliphatic carbocycles. The summed E-state index contributed by atoms with van der Waals surface area (Å²) in [6, 6.07) is 4.54. The van der Waals surface area contributed by atoms with Crippen molar-refractivity contribution in [3.05, 3.63) is 18.2 Å². The lowest BCUT2D eigenvalue weighted by atomic mass is 9.99. The molecule has 1 aromatic carbocycles. The average Bonchev–Trinajstić information content (AvgIpc) is 3.39. The molecule has 7 nitrogen and oxygen atoms in total. The highest BCUT2D eigenvalue weighted by Gasteiger charge is 2.29. The fourth-order valence-electron chi connectivity index (χ4n) is 2.75. The van der Waals surface area contributed by atoms with Crippen LogP contribution in [0.1, 0.15) is 25.7 Å². The summed E-state index contributed by atoms with van der Waals surface area (Å²) in [6.07, 6.45) is 3.51. The Morgan fingerprint density at radius 3 is 2.71 bits per heavy atom. The van der Waals surface area contributed by atoms with Crippen molar-refractivity contribution in [3.63, 3.8) is 0 Å². The summed E-state index contributed by atoms with van der Waals surface area (Å²) >= 11 is 0. The van der Waals surface area contributed by atoms with Gasteiger partial charge >= 0.3 is 0 Å². The molecule has 132 valence electrons. The lowest BCUT2D eigenvalue weighted by Crippen LogP contribution is -2.37. The van der Waals surface area contributed by atoms with Crippen molar-refractivity contribution in [1.82, 2.24) is 10.0 Å². The van der Waals surface area contributed by atoms with Crippen LogP contribution in [0.4, 0.5) is 5.69 Å². The maximum Gasteiger partial charge on any atom is 0.240 e. The summed E-state index contributed by atoms with van der Waals surface area (Å²) < 4.78 is 32.6. The van der Waals surface area contributed by atoms with Crippen molar-refractivity contribution in [2.75, 3.05) is 25.5 Å². The van der Waals surface area contributed by atoms with E-state index in [1.807, 2.05) is 0 Å². The molecule has 1 amide bonds. The zero-order chi connectivity index (χ0) is 17.2. The Hall–Kier alpha value is -1.64. The molecule has 1 heterocycles. The van der Waals surface area contributed by atoms with Crippen LogP contribution in [0.2, 0.25) is 0 Å². The molecule has 0 aromatic heterocycles. The van der Waals surface area contributed by atoms with Crippen molar-refractivity contribution < 1.29 is 17.9 Å². The first-order chi connectivity index (χ1) is 11.5. The van der Waals surface area contributed by atoms with Crippen LogP contribution in [0.5, 0.6) is 5.75 Å². The highest BCUT2D eigenvalue weighted by Crippen LogP contribution is 2.29. The number of hydrogen-bond acceptors (Lipinski definition) is 5. The van der Waals surface area contributed by atoms with Gasteiger partial charge in [0.25, 0.3) is 0 Å². The van der Waals surface area contributed by atoms with Crippen LogP contribution in [0.15, 0.2) is 23.1 Å². The quantitative estimate of drug-likeness (QED) is 0.711. The number of methoxy groups -OCH3 is 1. The molecule has 0 spiro atoms. The molecule has 1 saturated carbocycles. The van der Waals surface area contributed by atoms with E-state index >= 15 is 0 Å². The van der Waals surface area contributed by atoms with Crippen LogP contribution in [0.25, 0.3) is 0 Å². The van der Waals surface area contributed by atoms with E-state index in [1.165, 1.54) is 19.2 Å². The number of anilines is 1. The van der Waals surface area contributed by atoms with Crippen molar-refractivity contribution in [2.45, 2.75) is 36.6 Å². The van der Waals surface area contributed by atoms with Gasteiger partial charge in [-0.25, -0.2) is 13.1 Å². The Balaban J connectivity index is 1.79. The minimum absolute atomic E-state index is 0.0310. The first-order valence-corrected chi connectivity index (χ1v) is 9.70. The summed E-state index contributed by atoms with van der Waals surface area (Å²) in [4.78, 5) is 12.5. The molecule has 2 fully saturated rings. The van der Waals surface area contributed by atoms with Gasteiger partial charge in [-0.2, -0.15) is 0 Å². The number of carbonyl (C=O) groups excluding carboxylic acids is 1. The van der Waals surface area contributed by atoms with Gasteiger partial charge in [-0.15, -0.1) is 0 Å².